The Bertz CT molecular complexity index is 349. The summed E-state index contributed by atoms with van der Waals surface area (Å²) in [7, 11) is -2.80. The van der Waals surface area contributed by atoms with Gasteiger partial charge in [0.25, 0.3) is 0 Å². The molecule has 0 spiro atoms. The minimum absolute atomic E-state index is 0.373. The van der Waals surface area contributed by atoms with E-state index in [9.17, 15) is 8.42 Å². The molecule has 0 aromatic rings. The van der Waals surface area contributed by atoms with Crippen LogP contribution in [0.15, 0.2) is 0 Å². The number of nitrogens with one attached hydrogen (secondary N) is 1. The van der Waals surface area contributed by atoms with Gasteiger partial charge in [-0.15, -0.1) is 0 Å². The van der Waals surface area contributed by atoms with Gasteiger partial charge in [-0.2, -0.15) is 0 Å². The van der Waals surface area contributed by atoms with Crippen LogP contribution in [-0.2, 0) is 9.84 Å². The third kappa shape index (κ3) is 5.27. The van der Waals surface area contributed by atoms with Gasteiger partial charge < -0.3 is 5.32 Å². The van der Waals surface area contributed by atoms with Crippen LogP contribution >= 0.6 is 0 Å². The Balaban J connectivity index is 1.83. The van der Waals surface area contributed by atoms with E-state index in [2.05, 4.69) is 5.32 Å². The maximum absolute atomic E-state index is 11.3. The third-order valence-corrected chi connectivity index (χ3v) is 5.40. The summed E-state index contributed by atoms with van der Waals surface area (Å²) in [5, 5.41) is 3.63. The molecule has 2 saturated carbocycles. The SMILES string of the molecule is CS(=O)(=O)CCC1CCCCCC1CNC1CC1. The predicted molar refractivity (Wildman–Crippen MR) is 75.4 cm³/mol. The number of hydrogen-bond donors (Lipinski definition) is 1. The molecule has 0 aliphatic heterocycles. The van der Waals surface area contributed by atoms with Crippen LogP contribution < -0.4 is 5.32 Å². The molecule has 2 aliphatic rings. The highest BCUT2D eigenvalue weighted by atomic mass is 32.2. The summed E-state index contributed by atoms with van der Waals surface area (Å²) in [6.45, 7) is 1.11. The molecule has 2 fully saturated rings. The minimum atomic E-state index is -2.80. The monoisotopic (exact) mass is 273 g/mol. The second-order valence-electron chi connectivity index (χ2n) is 6.26. The van der Waals surface area contributed by atoms with Crippen molar-refractivity contribution in [2.24, 2.45) is 11.8 Å². The lowest BCUT2D eigenvalue weighted by molar-refractivity contribution is 0.291. The van der Waals surface area contributed by atoms with E-state index >= 15 is 0 Å². The average Bonchev–Trinajstić information content (AvgIpc) is 3.10. The topological polar surface area (TPSA) is 46.2 Å². The van der Waals surface area contributed by atoms with Crippen molar-refractivity contribution in [3.63, 3.8) is 0 Å². The van der Waals surface area contributed by atoms with Gasteiger partial charge in [0.2, 0.25) is 0 Å². The summed E-state index contributed by atoms with van der Waals surface area (Å²) in [4.78, 5) is 0. The second kappa shape index (κ2) is 6.38. The van der Waals surface area contributed by atoms with E-state index in [0.29, 0.717) is 17.6 Å². The Kier molecular flexibility index (Phi) is 5.07. The molecule has 18 heavy (non-hydrogen) atoms. The fraction of sp³-hybridized carbons (Fsp3) is 1.00. The molecule has 1 N–H and O–H groups in total. The molecule has 2 aliphatic carbocycles. The zero-order valence-corrected chi connectivity index (χ0v) is 12.3. The fourth-order valence-corrected chi connectivity index (χ4v) is 3.81. The lowest BCUT2D eigenvalue weighted by atomic mass is 9.86. The molecule has 2 atom stereocenters. The Labute approximate surface area is 112 Å². The largest absolute Gasteiger partial charge is 0.314 e. The molecule has 106 valence electrons. The summed E-state index contributed by atoms with van der Waals surface area (Å²) in [6.07, 6.45) is 11.4. The predicted octanol–water partition coefficient (Wildman–Crippen LogP) is 2.37. The zero-order chi connectivity index (χ0) is 13.0. The lowest BCUT2D eigenvalue weighted by Gasteiger charge is -2.25. The van der Waals surface area contributed by atoms with E-state index in [1.165, 1.54) is 51.2 Å². The minimum Gasteiger partial charge on any atom is -0.314 e. The van der Waals surface area contributed by atoms with Crippen molar-refractivity contribution in [1.29, 1.82) is 0 Å². The number of rotatable bonds is 6. The van der Waals surface area contributed by atoms with Crippen LogP contribution in [0.5, 0.6) is 0 Å². The van der Waals surface area contributed by atoms with Gasteiger partial charge in [-0.05, 0) is 44.1 Å². The molecule has 0 aromatic heterocycles. The van der Waals surface area contributed by atoms with E-state index in [-0.39, 0.29) is 0 Å². The molecular weight excluding hydrogens is 246 g/mol. The van der Waals surface area contributed by atoms with Crippen molar-refractivity contribution >= 4 is 9.84 Å². The van der Waals surface area contributed by atoms with E-state index in [0.717, 1.165) is 19.0 Å². The maximum Gasteiger partial charge on any atom is 0.147 e. The molecule has 0 saturated heterocycles. The van der Waals surface area contributed by atoms with Gasteiger partial charge in [0.05, 0.1) is 5.75 Å². The van der Waals surface area contributed by atoms with E-state index in [1.807, 2.05) is 0 Å². The van der Waals surface area contributed by atoms with E-state index in [4.69, 9.17) is 0 Å². The van der Waals surface area contributed by atoms with E-state index in [1.54, 1.807) is 0 Å². The molecule has 0 radical (unpaired) electrons. The van der Waals surface area contributed by atoms with Crippen LogP contribution in [0.2, 0.25) is 0 Å². The van der Waals surface area contributed by atoms with Crippen molar-refractivity contribution in [1.82, 2.24) is 5.32 Å². The first-order chi connectivity index (χ1) is 8.54. The van der Waals surface area contributed by atoms with Gasteiger partial charge in [0, 0.05) is 12.3 Å². The Morgan fingerprint density at radius 2 is 1.67 bits per heavy atom. The van der Waals surface area contributed by atoms with Gasteiger partial charge in [-0.3, -0.25) is 0 Å². The molecule has 0 amide bonds. The zero-order valence-electron chi connectivity index (χ0n) is 11.5. The number of sulfone groups is 1. The standard InChI is InChI=1S/C14H27NO2S/c1-18(16,17)10-9-12-5-3-2-4-6-13(12)11-15-14-7-8-14/h12-15H,2-11H2,1H3. The summed E-state index contributed by atoms with van der Waals surface area (Å²) in [5.41, 5.74) is 0. The first-order valence-electron chi connectivity index (χ1n) is 7.46. The first-order valence-corrected chi connectivity index (χ1v) is 9.52. The van der Waals surface area contributed by atoms with Gasteiger partial charge in [-0.1, -0.05) is 25.7 Å². The molecule has 0 heterocycles. The Hall–Kier alpha value is -0.0900. The maximum atomic E-state index is 11.3. The average molecular weight is 273 g/mol. The van der Waals surface area contributed by atoms with Crippen LogP contribution in [0.25, 0.3) is 0 Å². The van der Waals surface area contributed by atoms with Gasteiger partial charge in [-0.25, -0.2) is 8.42 Å². The van der Waals surface area contributed by atoms with Gasteiger partial charge in [0.15, 0.2) is 0 Å². The second-order valence-corrected chi connectivity index (χ2v) is 8.52. The lowest BCUT2D eigenvalue weighted by Crippen LogP contribution is -2.30. The van der Waals surface area contributed by atoms with Crippen molar-refractivity contribution in [2.75, 3.05) is 18.6 Å². The smallest absolute Gasteiger partial charge is 0.147 e. The van der Waals surface area contributed by atoms with Crippen molar-refractivity contribution in [2.45, 2.75) is 57.4 Å². The highest BCUT2D eigenvalue weighted by molar-refractivity contribution is 7.90. The molecule has 0 aromatic carbocycles. The summed E-state index contributed by atoms with van der Waals surface area (Å²) in [5.74, 6) is 1.70. The number of hydrogen-bond acceptors (Lipinski definition) is 3. The van der Waals surface area contributed by atoms with Gasteiger partial charge in [0.1, 0.15) is 9.84 Å². The molecule has 4 heteroatoms. The quantitative estimate of drug-likeness (QED) is 0.756. The third-order valence-electron chi connectivity index (χ3n) is 4.42. The summed E-state index contributed by atoms with van der Waals surface area (Å²) in [6, 6.07) is 0.767. The van der Waals surface area contributed by atoms with E-state index < -0.39 is 9.84 Å². The Morgan fingerprint density at radius 1 is 1.00 bits per heavy atom. The summed E-state index contributed by atoms with van der Waals surface area (Å²) < 4.78 is 22.7. The van der Waals surface area contributed by atoms with Crippen LogP contribution in [-0.4, -0.2) is 33.0 Å². The fourth-order valence-electron chi connectivity index (χ4n) is 3.08. The van der Waals surface area contributed by atoms with Crippen molar-refractivity contribution < 1.29 is 8.42 Å². The normalized spacial score (nSPS) is 30.1. The Morgan fingerprint density at radius 3 is 2.28 bits per heavy atom. The molecule has 2 rings (SSSR count). The molecule has 2 unspecified atom stereocenters. The van der Waals surface area contributed by atoms with Crippen LogP contribution in [0.1, 0.15) is 51.4 Å². The highest BCUT2D eigenvalue weighted by Gasteiger charge is 2.27. The molecule has 0 bridgehead atoms. The molecule has 3 nitrogen and oxygen atoms in total. The summed E-state index contributed by atoms with van der Waals surface area (Å²) >= 11 is 0. The van der Waals surface area contributed by atoms with Gasteiger partial charge >= 0.3 is 0 Å². The highest BCUT2D eigenvalue weighted by Crippen LogP contribution is 2.32. The van der Waals surface area contributed by atoms with Crippen molar-refractivity contribution in [3.05, 3.63) is 0 Å². The van der Waals surface area contributed by atoms with Crippen molar-refractivity contribution in [3.8, 4) is 0 Å². The van der Waals surface area contributed by atoms with Crippen LogP contribution in [0.4, 0.5) is 0 Å². The molecular formula is C14H27NO2S. The van der Waals surface area contributed by atoms with Crippen LogP contribution in [0, 0.1) is 11.8 Å². The van der Waals surface area contributed by atoms with Crippen LogP contribution in [0.3, 0.4) is 0 Å². The first kappa shape index (κ1) is 14.3.